The van der Waals surface area contributed by atoms with Gasteiger partial charge in [-0.25, -0.2) is 4.90 Å². The SMILES string of the molecule is Cc1cccc(C)c1NC1CC(=O)N(c2cccc(Cl)c2Cl)C1=O. The molecule has 6 heteroatoms. The van der Waals surface area contributed by atoms with Crippen molar-refractivity contribution in [2.75, 3.05) is 10.2 Å². The number of imide groups is 1. The lowest BCUT2D eigenvalue weighted by atomic mass is 10.1. The molecule has 3 rings (SSSR count). The lowest BCUT2D eigenvalue weighted by Crippen LogP contribution is -2.35. The van der Waals surface area contributed by atoms with Gasteiger partial charge in [0.05, 0.1) is 22.2 Å². The highest BCUT2D eigenvalue weighted by Gasteiger charge is 2.40. The number of benzene rings is 2. The van der Waals surface area contributed by atoms with Crippen LogP contribution in [-0.4, -0.2) is 17.9 Å². The van der Waals surface area contributed by atoms with Crippen LogP contribution in [0.1, 0.15) is 17.5 Å². The molecule has 0 spiro atoms. The molecule has 4 nitrogen and oxygen atoms in total. The highest BCUT2D eigenvalue weighted by molar-refractivity contribution is 6.45. The maximum Gasteiger partial charge on any atom is 0.256 e. The standard InChI is InChI=1S/C18H16Cl2N2O2/c1-10-5-3-6-11(2)17(10)21-13-9-15(23)22(18(13)24)14-8-4-7-12(19)16(14)20/h3-8,13,21H,9H2,1-2H3. The molecule has 0 aromatic heterocycles. The van der Waals surface area contributed by atoms with Crippen molar-refractivity contribution in [3.8, 4) is 0 Å². The lowest BCUT2D eigenvalue weighted by molar-refractivity contribution is -0.121. The maximum atomic E-state index is 12.7. The minimum atomic E-state index is -0.618. The van der Waals surface area contributed by atoms with Gasteiger partial charge in [-0.1, -0.05) is 47.5 Å². The Kier molecular flexibility index (Phi) is 4.52. The second-order valence-electron chi connectivity index (χ2n) is 5.81. The van der Waals surface area contributed by atoms with Crippen LogP contribution in [0.2, 0.25) is 10.0 Å². The van der Waals surface area contributed by atoms with Gasteiger partial charge in [0.1, 0.15) is 6.04 Å². The third-order valence-electron chi connectivity index (χ3n) is 4.12. The van der Waals surface area contributed by atoms with Gasteiger partial charge in [-0.05, 0) is 37.1 Å². The van der Waals surface area contributed by atoms with Gasteiger partial charge in [0.15, 0.2) is 0 Å². The summed E-state index contributed by atoms with van der Waals surface area (Å²) in [5.41, 5.74) is 3.25. The Balaban J connectivity index is 1.91. The first kappa shape index (κ1) is 16.8. The molecule has 0 saturated carbocycles. The van der Waals surface area contributed by atoms with Crippen molar-refractivity contribution in [2.45, 2.75) is 26.3 Å². The number of amides is 2. The summed E-state index contributed by atoms with van der Waals surface area (Å²) in [7, 11) is 0. The van der Waals surface area contributed by atoms with Crippen molar-refractivity contribution in [3.63, 3.8) is 0 Å². The van der Waals surface area contributed by atoms with E-state index in [0.29, 0.717) is 10.7 Å². The molecule has 1 heterocycles. The molecule has 124 valence electrons. The lowest BCUT2D eigenvalue weighted by Gasteiger charge is -2.19. The number of para-hydroxylation sites is 1. The molecule has 0 aliphatic carbocycles. The predicted octanol–water partition coefficient (Wildman–Crippen LogP) is 4.35. The molecule has 1 saturated heterocycles. The number of nitrogens with zero attached hydrogens (tertiary/aromatic N) is 1. The number of aryl methyl sites for hydroxylation is 2. The van der Waals surface area contributed by atoms with E-state index in [0.717, 1.165) is 21.7 Å². The fourth-order valence-electron chi connectivity index (χ4n) is 2.88. The smallest absolute Gasteiger partial charge is 0.256 e. The fraction of sp³-hybridized carbons (Fsp3) is 0.222. The second kappa shape index (κ2) is 6.46. The van der Waals surface area contributed by atoms with Crippen LogP contribution in [0.15, 0.2) is 36.4 Å². The minimum absolute atomic E-state index is 0.0788. The third kappa shape index (κ3) is 2.87. The van der Waals surface area contributed by atoms with Crippen molar-refractivity contribution in [3.05, 3.63) is 57.6 Å². The van der Waals surface area contributed by atoms with Crippen LogP contribution >= 0.6 is 23.2 Å². The molecule has 2 amide bonds. The zero-order valence-corrected chi connectivity index (χ0v) is 14.8. The van der Waals surface area contributed by atoms with Crippen LogP contribution in [0.5, 0.6) is 0 Å². The van der Waals surface area contributed by atoms with Crippen LogP contribution in [-0.2, 0) is 9.59 Å². The third-order valence-corrected chi connectivity index (χ3v) is 4.93. The van der Waals surface area contributed by atoms with Gasteiger partial charge in [0.2, 0.25) is 5.91 Å². The molecule has 1 unspecified atom stereocenters. The van der Waals surface area contributed by atoms with Crippen LogP contribution in [0.3, 0.4) is 0 Å². The Morgan fingerprint density at radius 3 is 2.33 bits per heavy atom. The number of nitrogens with one attached hydrogen (secondary N) is 1. The van der Waals surface area contributed by atoms with E-state index in [1.165, 1.54) is 0 Å². The van der Waals surface area contributed by atoms with Gasteiger partial charge in [-0.15, -0.1) is 0 Å². The minimum Gasteiger partial charge on any atom is -0.373 e. The number of hydrogen-bond acceptors (Lipinski definition) is 3. The van der Waals surface area contributed by atoms with Crippen molar-refractivity contribution in [1.29, 1.82) is 0 Å². The van der Waals surface area contributed by atoms with Gasteiger partial charge in [0, 0.05) is 5.69 Å². The molecular formula is C18H16Cl2N2O2. The van der Waals surface area contributed by atoms with Crippen LogP contribution in [0.25, 0.3) is 0 Å². The van der Waals surface area contributed by atoms with Gasteiger partial charge < -0.3 is 5.32 Å². The molecule has 1 N–H and O–H groups in total. The van der Waals surface area contributed by atoms with E-state index < -0.39 is 6.04 Å². The monoisotopic (exact) mass is 362 g/mol. The molecule has 1 aliphatic rings. The van der Waals surface area contributed by atoms with Crippen LogP contribution < -0.4 is 10.2 Å². The number of rotatable bonds is 3. The Morgan fingerprint density at radius 1 is 1.04 bits per heavy atom. The summed E-state index contributed by atoms with van der Waals surface area (Å²) in [6, 6.07) is 10.2. The number of carbonyl (C=O) groups is 2. The van der Waals surface area contributed by atoms with Crippen molar-refractivity contribution in [1.82, 2.24) is 0 Å². The van der Waals surface area contributed by atoms with E-state index >= 15 is 0 Å². The van der Waals surface area contributed by atoms with Crippen LogP contribution in [0, 0.1) is 13.8 Å². The molecule has 2 aromatic carbocycles. The van der Waals surface area contributed by atoms with E-state index in [1.54, 1.807) is 18.2 Å². The summed E-state index contributed by atoms with van der Waals surface area (Å²) in [6.45, 7) is 3.92. The van der Waals surface area contributed by atoms with Gasteiger partial charge in [-0.3, -0.25) is 9.59 Å². The summed E-state index contributed by atoms with van der Waals surface area (Å²) in [6.07, 6.45) is 0.0788. The summed E-state index contributed by atoms with van der Waals surface area (Å²) in [5.74, 6) is -0.625. The van der Waals surface area contributed by atoms with Crippen LogP contribution in [0.4, 0.5) is 11.4 Å². The second-order valence-corrected chi connectivity index (χ2v) is 6.59. The van der Waals surface area contributed by atoms with E-state index in [1.807, 2.05) is 32.0 Å². The summed E-state index contributed by atoms with van der Waals surface area (Å²) < 4.78 is 0. The van der Waals surface area contributed by atoms with E-state index in [4.69, 9.17) is 23.2 Å². The molecule has 0 radical (unpaired) electrons. The van der Waals surface area contributed by atoms with Crippen molar-refractivity contribution < 1.29 is 9.59 Å². The average Bonchev–Trinajstić information content (AvgIpc) is 2.80. The average molecular weight is 363 g/mol. The van der Waals surface area contributed by atoms with Gasteiger partial charge >= 0.3 is 0 Å². The first-order valence-corrected chi connectivity index (χ1v) is 8.29. The summed E-state index contributed by atoms with van der Waals surface area (Å²) in [4.78, 5) is 26.2. The van der Waals surface area contributed by atoms with E-state index in [-0.39, 0.29) is 23.3 Å². The van der Waals surface area contributed by atoms with Crippen molar-refractivity contribution in [2.24, 2.45) is 0 Å². The number of hydrogen-bond donors (Lipinski definition) is 1. The quantitative estimate of drug-likeness (QED) is 0.825. The topological polar surface area (TPSA) is 49.4 Å². The van der Waals surface area contributed by atoms with Gasteiger partial charge in [-0.2, -0.15) is 0 Å². The number of anilines is 2. The molecule has 24 heavy (non-hydrogen) atoms. The summed E-state index contributed by atoms with van der Waals surface area (Å²) in [5, 5.41) is 3.71. The Morgan fingerprint density at radius 2 is 1.67 bits per heavy atom. The Hall–Kier alpha value is -2.04. The first-order valence-electron chi connectivity index (χ1n) is 7.53. The highest BCUT2D eigenvalue weighted by Crippen LogP contribution is 2.35. The molecule has 1 atom stereocenters. The number of carbonyl (C=O) groups excluding carboxylic acids is 2. The normalized spacial score (nSPS) is 17.5. The zero-order chi connectivity index (χ0) is 17.4. The summed E-state index contributed by atoms with van der Waals surface area (Å²) >= 11 is 12.2. The Bertz CT molecular complexity index is 816. The number of halogens is 2. The Labute approximate surface area is 150 Å². The molecule has 2 aromatic rings. The largest absolute Gasteiger partial charge is 0.373 e. The highest BCUT2D eigenvalue weighted by atomic mass is 35.5. The molecule has 1 aliphatic heterocycles. The van der Waals surface area contributed by atoms with Gasteiger partial charge in [0.25, 0.3) is 5.91 Å². The zero-order valence-electron chi connectivity index (χ0n) is 13.3. The molecule has 1 fully saturated rings. The first-order chi connectivity index (χ1) is 11.4. The van der Waals surface area contributed by atoms with E-state index in [2.05, 4.69) is 5.32 Å². The van der Waals surface area contributed by atoms with Crippen molar-refractivity contribution >= 4 is 46.4 Å². The fourth-order valence-corrected chi connectivity index (χ4v) is 3.26. The van der Waals surface area contributed by atoms with E-state index in [9.17, 15) is 9.59 Å². The maximum absolute atomic E-state index is 12.7. The molecular weight excluding hydrogens is 347 g/mol. The molecule has 0 bridgehead atoms. The predicted molar refractivity (Wildman–Crippen MR) is 96.9 cm³/mol.